The van der Waals surface area contributed by atoms with Crippen LogP contribution in [0, 0.1) is 0 Å². The van der Waals surface area contributed by atoms with Crippen LogP contribution in [0.25, 0.3) is 6.08 Å². The predicted octanol–water partition coefficient (Wildman–Crippen LogP) is 0.132. The zero-order valence-corrected chi connectivity index (χ0v) is 10.6. The van der Waals surface area contributed by atoms with Crippen LogP contribution in [0.15, 0.2) is 27.9 Å². The Morgan fingerprint density at radius 2 is 2.26 bits per heavy atom. The van der Waals surface area contributed by atoms with Crippen LogP contribution >= 0.6 is 11.3 Å². The van der Waals surface area contributed by atoms with E-state index in [1.54, 1.807) is 19.3 Å². The van der Waals surface area contributed by atoms with E-state index in [9.17, 15) is 19.5 Å². The first-order chi connectivity index (χ1) is 8.99. The van der Waals surface area contributed by atoms with Crippen LogP contribution < -0.4 is 10.4 Å². The first-order valence-electron chi connectivity index (χ1n) is 5.16. The molecule has 0 saturated heterocycles. The molecule has 0 aliphatic carbocycles. The molecule has 2 aromatic rings. The molecular weight excluding hydrogens is 270 g/mol. The molecule has 0 bridgehead atoms. The number of hydrogen-bond acceptors (Lipinski definition) is 6. The summed E-state index contributed by atoms with van der Waals surface area (Å²) in [5, 5.41) is 12.8. The second-order valence-electron chi connectivity index (χ2n) is 3.60. The summed E-state index contributed by atoms with van der Waals surface area (Å²) >= 11 is 0.400. The van der Waals surface area contributed by atoms with Crippen molar-refractivity contribution < 1.29 is 9.90 Å². The Morgan fingerprint density at radius 3 is 2.84 bits per heavy atom. The number of hydrogen-bond donors (Lipinski definition) is 2. The van der Waals surface area contributed by atoms with Gasteiger partial charge in [-0.25, -0.2) is 0 Å². The third kappa shape index (κ3) is 2.68. The molecule has 0 spiro atoms. The lowest BCUT2D eigenvalue weighted by Crippen LogP contribution is -2.22. The maximum absolute atomic E-state index is 11.8. The number of aromatic amines is 1. The summed E-state index contributed by atoms with van der Waals surface area (Å²) in [7, 11) is 1.70. The number of allylic oxidation sites excluding steroid dienone is 1. The fourth-order valence-corrected chi connectivity index (χ4v) is 2.04. The fraction of sp³-hybridized carbons (Fsp3) is 0.0909. The van der Waals surface area contributed by atoms with Crippen molar-refractivity contribution in [3.63, 3.8) is 0 Å². The first kappa shape index (κ1) is 13.0. The molecule has 0 aromatic carbocycles. The maximum atomic E-state index is 11.8. The third-order valence-corrected chi connectivity index (χ3v) is 3.04. The highest BCUT2D eigenvalue weighted by Crippen LogP contribution is 2.15. The van der Waals surface area contributed by atoms with E-state index in [1.165, 1.54) is 10.8 Å². The summed E-state index contributed by atoms with van der Waals surface area (Å²) in [5.74, 6) is -0.684. The number of aromatic hydroxyl groups is 1. The van der Waals surface area contributed by atoms with Gasteiger partial charge in [0.2, 0.25) is 0 Å². The number of ketones is 1. The minimum atomic E-state index is -0.902. The molecule has 2 rings (SSSR count). The molecule has 2 aromatic heterocycles. The van der Waals surface area contributed by atoms with Crippen LogP contribution in [-0.2, 0) is 7.05 Å². The van der Waals surface area contributed by atoms with Crippen molar-refractivity contribution in [1.29, 1.82) is 0 Å². The number of rotatable bonds is 3. The number of aryl methyl sites for hydroxylation is 1. The Morgan fingerprint density at radius 1 is 1.53 bits per heavy atom. The number of H-pyrrole nitrogens is 1. The molecule has 2 heterocycles. The molecular formula is C11H9N3O4S. The summed E-state index contributed by atoms with van der Waals surface area (Å²) < 4.78 is 1.54. The molecule has 0 radical (unpaired) electrons. The van der Waals surface area contributed by atoms with E-state index in [4.69, 9.17) is 0 Å². The molecule has 0 unspecified atom stereocenters. The topological polar surface area (TPSA) is 105 Å². The van der Waals surface area contributed by atoms with Gasteiger partial charge in [-0.1, -0.05) is 0 Å². The molecule has 7 nitrogen and oxygen atoms in total. The normalized spacial score (nSPS) is 11.0. The highest BCUT2D eigenvalue weighted by molar-refractivity contribution is 7.11. The van der Waals surface area contributed by atoms with Crippen molar-refractivity contribution >= 4 is 23.2 Å². The van der Waals surface area contributed by atoms with E-state index in [-0.39, 0.29) is 0 Å². The van der Waals surface area contributed by atoms with Gasteiger partial charge in [-0.2, -0.15) is 5.10 Å². The summed E-state index contributed by atoms with van der Waals surface area (Å²) in [6, 6.07) is 1.68. The summed E-state index contributed by atoms with van der Waals surface area (Å²) in [4.78, 5) is 35.4. The average Bonchev–Trinajstić information content (AvgIpc) is 2.70. The van der Waals surface area contributed by atoms with Crippen molar-refractivity contribution in [2.24, 2.45) is 7.05 Å². The maximum Gasteiger partial charge on any atom is 0.310 e. The second kappa shape index (κ2) is 5.02. The fourth-order valence-electron chi connectivity index (χ4n) is 1.43. The van der Waals surface area contributed by atoms with Gasteiger partial charge >= 0.3 is 4.87 Å². The van der Waals surface area contributed by atoms with Crippen molar-refractivity contribution in [2.45, 2.75) is 0 Å². The lowest BCUT2D eigenvalue weighted by molar-refractivity contribution is 0.104. The van der Waals surface area contributed by atoms with Crippen LogP contribution in [0.5, 0.6) is 5.06 Å². The highest BCUT2D eigenvalue weighted by Gasteiger charge is 2.15. The molecule has 19 heavy (non-hydrogen) atoms. The van der Waals surface area contributed by atoms with Crippen molar-refractivity contribution in [1.82, 2.24) is 14.8 Å². The molecule has 0 aliphatic rings. The highest BCUT2D eigenvalue weighted by atomic mass is 32.1. The van der Waals surface area contributed by atoms with Gasteiger partial charge in [0.15, 0.2) is 10.8 Å². The molecule has 8 heteroatoms. The Labute approximate surface area is 110 Å². The lowest BCUT2D eigenvalue weighted by Gasteiger charge is -1.97. The molecule has 98 valence electrons. The van der Waals surface area contributed by atoms with Crippen LogP contribution in [-0.4, -0.2) is 25.7 Å². The number of aromatic nitrogens is 3. The molecule has 0 aliphatic heterocycles. The van der Waals surface area contributed by atoms with E-state index in [1.807, 2.05) is 4.98 Å². The van der Waals surface area contributed by atoms with Crippen molar-refractivity contribution in [2.75, 3.05) is 0 Å². The predicted molar refractivity (Wildman–Crippen MR) is 69.4 cm³/mol. The van der Waals surface area contributed by atoms with E-state index in [0.29, 0.717) is 17.0 Å². The molecule has 0 saturated carbocycles. The molecule has 2 N–H and O–H groups in total. The van der Waals surface area contributed by atoms with E-state index < -0.39 is 26.8 Å². The van der Waals surface area contributed by atoms with Gasteiger partial charge in [-0.15, -0.1) is 0 Å². The quantitative estimate of drug-likeness (QED) is 0.614. The summed E-state index contributed by atoms with van der Waals surface area (Å²) in [6.07, 6.45) is 4.16. The number of nitrogens with zero attached hydrogens (tertiary/aromatic N) is 2. The van der Waals surface area contributed by atoms with Crippen molar-refractivity contribution in [3.8, 4) is 5.06 Å². The molecule has 0 amide bonds. The standard InChI is InChI=1S/C11H9N3O4S/c1-14-6(4-5-12-14)2-3-7(15)8-9(16)13-11(18)19-10(8)17/h2-5,17H,1H3,(H,13,16,18). The zero-order valence-electron chi connectivity index (χ0n) is 9.78. The Bertz CT molecular complexity index is 769. The Balaban J connectivity index is 2.36. The van der Waals surface area contributed by atoms with Crippen molar-refractivity contribution in [3.05, 3.63) is 49.6 Å². The van der Waals surface area contributed by atoms with E-state index >= 15 is 0 Å². The smallest absolute Gasteiger partial charge is 0.310 e. The zero-order chi connectivity index (χ0) is 14.0. The summed E-state index contributed by atoms with van der Waals surface area (Å²) in [5.41, 5.74) is -0.683. The minimum absolute atomic E-state index is 0.400. The third-order valence-electron chi connectivity index (χ3n) is 2.36. The molecule has 0 fully saturated rings. The SMILES string of the molecule is Cn1nccc1C=CC(=O)c1c(O)sc(=O)[nH]c1=O. The number of nitrogens with one attached hydrogen (secondary N) is 1. The van der Waals surface area contributed by atoms with Crippen LogP contribution in [0.2, 0.25) is 0 Å². The lowest BCUT2D eigenvalue weighted by atomic mass is 10.2. The Hall–Kier alpha value is -2.48. The van der Waals surface area contributed by atoms with Crippen LogP contribution in [0.1, 0.15) is 16.1 Å². The van der Waals surface area contributed by atoms with E-state index in [2.05, 4.69) is 5.10 Å². The van der Waals surface area contributed by atoms with Gasteiger partial charge in [-0.3, -0.25) is 24.0 Å². The second-order valence-corrected chi connectivity index (χ2v) is 4.56. The first-order valence-corrected chi connectivity index (χ1v) is 5.97. The number of carbonyl (C=O) groups excluding carboxylic acids is 1. The van der Waals surface area contributed by atoms with E-state index in [0.717, 1.165) is 6.08 Å². The van der Waals surface area contributed by atoms with Gasteiger partial charge in [0.25, 0.3) is 5.56 Å². The molecule has 0 atom stereocenters. The van der Waals surface area contributed by atoms with Crippen LogP contribution in [0.3, 0.4) is 0 Å². The summed E-state index contributed by atoms with van der Waals surface area (Å²) in [6.45, 7) is 0. The van der Waals surface area contributed by atoms with Gasteiger partial charge in [0.1, 0.15) is 5.56 Å². The Kier molecular flexibility index (Phi) is 3.43. The van der Waals surface area contributed by atoms with Gasteiger partial charge in [-0.05, 0) is 29.6 Å². The number of carbonyl (C=O) groups is 1. The largest absolute Gasteiger partial charge is 0.499 e. The van der Waals surface area contributed by atoms with Gasteiger partial charge < -0.3 is 5.11 Å². The average molecular weight is 279 g/mol. The van der Waals surface area contributed by atoms with Crippen LogP contribution in [0.4, 0.5) is 0 Å². The minimum Gasteiger partial charge on any atom is -0.499 e. The van der Waals surface area contributed by atoms with Gasteiger partial charge in [0, 0.05) is 13.2 Å². The van der Waals surface area contributed by atoms with Gasteiger partial charge in [0.05, 0.1) is 5.69 Å². The monoisotopic (exact) mass is 279 g/mol.